The van der Waals surface area contributed by atoms with E-state index in [1.807, 2.05) is 6.92 Å². The fourth-order valence-electron chi connectivity index (χ4n) is 4.23. The van der Waals surface area contributed by atoms with Crippen LogP contribution in [0.15, 0.2) is 72.8 Å². The first-order valence-electron chi connectivity index (χ1n) is 12.9. The van der Waals surface area contributed by atoms with Crippen molar-refractivity contribution in [3.63, 3.8) is 0 Å². The molecule has 0 aliphatic carbocycles. The van der Waals surface area contributed by atoms with E-state index >= 15 is 0 Å². The molecule has 226 valence electrons. The minimum Gasteiger partial charge on any atom is -0.354 e. The van der Waals surface area contributed by atoms with Crippen molar-refractivity contribution in [1.29, 1.82) is 0 Å². The minimum absolute atomic E-state index is 0.0879. The molecular weight excluding hydrogens is 614 g/mol. The van der Waals surface area contributed by atoms with Gasteiger partial charge < -0.3 is 10.2 Å². The number of amides is 2. The lowest BCUT2D eigenvalue weighted by Crippen LogP contribution is -2.53. The molecule has 0 fully saturated rings. The molecule has 3 rings (SSSR count). The highest BCUT2D eigenvalue weighted by Crippen LogP contribution is 2.37. The number of hydrogen-bond acceptors (Lipinski definition) is 4. The number of nitrogens with zero attached hydrogens (tertiary/aromatic N) is 2. The van der Waals surface area contributed by atoms with Crippen molar-refractivity contribution in [2.24, 2.45) is 0 Å². The fourth-order valence-corrected chi connectivity index (χ4v) is 5.49. The van der Waals surface area contributed by atoms with E-state index in [-0.39, 0.29) is 13.0 Å². The van der Waals surface area contributed by atoms with Crippen LogP contribution in [-0.4, -0.2) is 50.5 Å². The maximum atomic E-state index is 14.0. The van der Waals surface area contributed by atoms with E-state index in [2.05, 4.69) is 5.32 Å². The summed E-state index contributed by atoms with van der Waals surface area (Å²) in [5.41, 5.74) is -0.434. The van der Waals surface area contributed by atoms with E-state index in [1.165, 1.54) is 4.90 Å². The van der Waals surface area contributed by atoms with E-state index < -0.39 is 56.9 Å². The monoisotopic (exact) mass is 643 g/mol. The summed E-state index contributed by atoms with van der Waals surface area (Å²) in [6.45, 7) is 1.15. The molecule has 3 aromatic carbocycles. The number of anilines is 1. The van der Waals surface area contributed by atoms with Crippen molar-refractivity contribution >= 4 is 50.7 Å². The molecule has 0 heterocycles. The van der Waals surface area contributed by atoms with Crippen LogP contribution in [0.4, 0.5) is 18.9 Å². The van der Waals surface area contributed by atoms with E-state index in [0.717, 1.165) is 24.0 Å². The Hall–Kier alpha value is -3.28. The minimum atomic E-state index is -4.87. The number of benzene rings is 3. The highest BCUT2D eigenvalue weighted by molar-refractivity contribution is 7.92. The lowest BCUT2D eigenvalue weighted by Gasteiger charge is -2.33. The average Bonchev–Trinajstić information content (AvgIpc) is 2.93. The van der Waals surface area contributed by atoms with Gasteiger partial charge in [-0.1, -0.05) is 78.7 Å². The fraction of sp³-hybridized carbons (Fsp3) is 0.310. The Bertz CT molecular complexity index is 1510. The number of halogens is 5. The highest BCUT2D eigenvalue weighted by atomic mass is 35.5. The second-order valence-corrected chi connectivity index (χ2v) is 12.3. The molecule has 1 atom stereocenters. The number of nitrogens with one attached hydrogen (secondary N) is 1. The summed E-state index contributed by atoms with van der Waals surface area (Å²) in [6, 6.07) is 17.1. The first kappa shape index (κ1) is 33.2. The summed E-state index contributed by atoms with van der Waals surface area (Å²) >= 11 is 12.1. The van der Waals surface area contributed by atoms with E-state index in [9.17, 15) is 31.2 Å². The van der Waals surface area contributed by atoms with Gasteiger partial charge in [0.25, 0.3) is 0 Å². The SMILES string of the molecule is CCCNC(=O)[C@@H](Cc1ccccc1)N(Cc1ccccc1Cl)C(=O)CN(c1ccc(Cl)c(C(F)(F)F)c1)S(C)(=O)=O. The quantitative estimate of drug-likeness (QED) is 0.264. The topological polar surface area (TPSA) is 86.8 Å². The Balaban J connectivity index is 2.10. The van der Waals surface area contributed by atoms with Crippen LogP contribution in [0.25, 0.3) is 0 Å². The predicted octanol–water partition coefficient (Wildman–Crippen LogP) is 5.94. The largest absolute Gasteiger partial charge is 0.417 e. The Labute approximate surface area is 253 Å². The van der Waals surface area contributed by atoms with Gasteiger partial charge in [-0.25, -0.2) is 8.42 Å². The molecule has 2 amide bonds. The molecule has 3 aromatic rings. The Kier molecular flexibility index (Phi) is 11.3. The standard InChI is InChI=1S/C29H30Cl2F3N3O4S/c1-3-15-35-28(39)26(16-20-9-5-4-6-10-20)36(18-21-11-7-8-12-24(21)30)27(38)19-37(42(2,40)41)22-13-14-25(31)23(17-22)29(32,33)34/h4-14,17,26H,3,15-16,18-19H2,1-2H3,(H,35,39)/t26-/m1/s1. The zero-order valence-electron chi connectivity index (χ0n) is 22.9. The zero-order valence-corrected chi connectivity index (χ0v) is 25.2. The molecule has 0 aromatic heterocycles. The first-order chi connectivity index (χ1) is 19.7. The second-order valence-electron chi connectivity index (χ2n) is 9.54. The van der Waals surface area contributed by atoms with Gasteiger partial charge in [-0.2, -0.15) is 13.2 Å². The summed E-state index contributed by atoms with van der Waals surface area (Å²) in [5.74, 6) is -1.30. The smallest absolute Gasteiger partial charge is 0.354 e. The lowest BCUT2D eigenvalue weighted by molar-refractivity contribution is -0.140. The van der Waals surface area contributed by atoms with Gasteiger partial charge >= 0.3 is 6.18 Å². The first-order valence-corrected chi connectivity index (χ1v) is 15.5. The van der Waals surface area contributed by atoms with Crippen LogP contribution in [0.2, 0.25) is 10.0 Å². The van der Waals surface area contributed by atoms with E-state index in [0.29, 0.717) is 33.9 Å². The van der Waals surface area contributed by atoms with Crippen molar-refractivity contribution in [3.8, 4) is 0 Å². The van der Waals surface area contributed by atoms with Gasteiger partial charge in [-0.15, -0.1) is 0 Å². The van der Waals surface area contributed by atoms with Gasteiger partial charge in [-0.05, 0) is 41.8 Å². The van der Waals surface area contributed by atoms with Crippen LogP contribution >= 0.6 is 23.2 Å². The van der Waals surface area contributed by atoms with Gasteiger partial charge in [0.2, 0.25) is 21.8 Å². The normalized spacial score (nSPS) is 12.5. The summed E-state index contributed by atoms with van der Waals surface area (Å²) in [4.78, 5) is 28.7. The third-order valence-corrected chi connectivity index (χ3v) is 8.18. The molecule has 42 heavy (non-hydrogen) atoms. The van der Waals surface area contributed by atoms with Gasteiger partial charge in [0.05, 0.1) is 22.5 Å². The van der Waals surface area contributed by atoms with E-state index in [4.69, 9.17) is 23.2 Å². The highest BCUT2D eigenvalue weighted by Gasteiger charge is 2.36. The number of alkyl halides is 3. The van der Waals surface area contributed by atoms with Crippen molar-refractivity contribution in [3.05, 3.63) is 99.5 Å². The Morgan fingerprint density at radius 2 is 1.60 bits per heavy atom. The van der Waals surface area contributed by atoms with Gasteiger partial charge in [0.15, 0.2) is 0 Å². The molecule has 0 radical (unpaired) electrons. The third-order valence-electron chi connectivity index (χ3n) is 6.34. The van der Waals surface area contributed by atoms with Gasteiger partial charge in [0.1, 0.15) is 12.6 Å². The molecular formula is C29H30Cl2F3N3O4S. The molecule has 0 saturated carbocycles. The van der Waals surface area contributed by atoms with Crippen molar-refractivity contribution in [2.75, 3.05) is 23.7 Å². The number of sulfonamides is 1. The van der Waals surface area contributed by atoms with Crippen LogP contribution < -0.4 is 9.62 Å². The third kappa shape index (κ3) is 8.86. The molecule has 1 N–H and O–H groups in total. The van der Waals surface area contributed by atoms with Gasteiger partial charge in [-0.3, -0.25) is 13.9 Å². The number of rotatable bonds is 12. The van der Waals surface area contributed by atoms with Crippen molar-refractivity contribution in [2.45, 2.75) is 38.5 Å². The number of carbonyl (C=O) groups excluding carboxylic acids is 2. The van der Waals surface area contributed by atoms with Gasteiger partial charge in [0, 0.05) is 24.5 Å². The molecule has 0 saturated heterocycles. The summed E-state index contributed by atoms with van der Waals surface area (Å²) in [7, 11) is -4.27. The Morgan fingerprint density at radius 1 is 0.952 bits per heavy atom. The molecule has 0 bridgehead atoms. The summed E-state index contributed by atoms with van der Waals surface area (Å²) in [5, 5.41) is 2.49. The number of hydrogen-bond donors (Lipinski definition) is 1. The number of carbonyl (C=O) groups is 2. The van der Waals surface area contributed by atoms with Crippen LogP contribution in [0.1, 0.15) is 30.0 Å². The maximum absolute atomic E-state index is 14.0. The van der Waals surface area contributed by atoms with E-state index in [1.54, 1.807) is 54.6 Å². The Morgan fingerprint density at radius 3 is 2.19 bits per heavy atom. The average molecular weight is 645 g/mol. The van der Waals surface area contributed by atoms with Crippen LogP contribution in [0, 0.1) is 0 Å². The van der Waals surface area contributed by atoms with Crippen LogP contribution in [-0.2, 0) is 38.8 Å². The van der Waals surface area contributed by atoms with Crippen molar-refractivity contribution < 1.29 is 31.2 Å². The molecule has 0 spiro atoms. The molecule has 13 heteroatoms. The predicted molar refractivity (Wildman–Crippen MR) is 158 cm³/mol. The zero-order chi connectivity index (χ0) is 31.1. The van der Waals surface area contributed by atoms with Crippen LogP contribution in [0.3, 0.4) is 0 Å². The van der Waals surface area contributed by atoms with Crippen molar-refractivity contribution in [1.82, 2.24) is 10.2 Å². The molecule has 0 aliphatic heterocycles. The summed E-state index contributed by atoms with van der Waals surface area (Å²) < 4.78 is 66.9. The lowest BCUT2D eigenvalue weighted by atomic mass is 10.0. The molecule has 0 aliphatic rings. The van der Waals surface area contributed by atoms with Crippen LogP contribution in [0.5, 0.6) is 0 Å². The second kappa shape index (κ2) is 14.3. The molecule has 7 nitrogen and oxygen atoms in total. The maximum Gasteiger partial charge on any atom is 0.417 e. The molecule has 0 unspecified atom stereocenters. The summed E-state index contributed by atoms with van der Waals surface area (Å²) in [6.07, 6.45) is -3.38.